The van der Waals surface area contributed by atoms with Crippen molar-refractivity contribution in [2.24, 2.45) is 0 Å². The van der Waals surface area contributed by atoms with Crippen LogP contribution in [0.4, 0.5) is 5.69 Å². The van der Waals surface area contributed by atoms with E-state index in [4.69, 9.17) is 4.74 Å². The lowest BCUT2D eigenvalue weighted by Crippen LogP contribution is -2.15. The van der Waals surface area contributed by atoms with E-state index in [-0.39, 0.29) is 23.7 Å². The highest BCUT2D eigenvalue weighted by molar-refractivity contribution is 7.99. The van der Waals surface area contributed by atoms with Gasteiger partial charge in [-0.05, 0) is 60.2 Å². The Morgan fingerprint density at radius 3 is 2.39 bits per heavy atom. The van der Waals surface area contributed by atoms with Crippen molar-refractivity contribution in [3.63, 3.8) is 0 Å². The fourth-order valence-corrected chi connectivity index (χ4v) is 4.18. The second-order valence-corrected chi connectivity index (χ2v) is 10.0. The summed E-state index contributed by atoms with van der Waals surface area (Å²) in [6.07, 6.45) is 1.78. The molecule has 33 heavy (non-hydrogen) atoms. The van der Waals surface area contributed by atoms with E-state index in [9.17, 15) is 4.79 Å². The molecule has 174 valence electrons. The molecule has 6 nitrogen and oxygen atoms in total. The fourth-order valence-electron chi connectivity index (χ4n) is 3.42. The number of hydrogen-bond acceptors (Lipinski definition) is 5. The van der Waals surface area contributed by atoms with Crippen molar-refractivity contribution in [3.8, 4) is 5.75 Å². The van der Waals surface area contributed by atoms with Crippen molar-refractivity contribution in [1.29, 1.82) is 0 Å². The first-order valence-electron chi connectivity index (χ1n) is 10.9. The van der Waals surface area contributed by atoms with Crippen LogP contribution in [0.25, 0.3) is 0 Å². The molecule has 1 N–H and O–H groups in total. The number of amides is 1. The molecule has 0 saturated carbocycles. The maximum atomic E-state index is 12.5. The van der Waals surface area contributed by atoms with Crippen molar-refractivity contribution >= 4 is 23.4 Å². The molecular formula is C26H32N4O2S. The summed E-state index contributed by atoms with van der Waals surface area (Å²) in [5, 5.41) is 12.2. The third-order valence-electron chi connectivity index (χ3n) is 5.03. The minimum Gasteiger partial charge on any atom is -0.486 e. The number of ether oxygens (including phenoxy) is 1. The van der Waals surface area contributed by atoms with Gasteiger partial charge in [-0.3, -0.25) is 9.36 Å². The van der Waals surface area contributed by atoms with Crippen molar-refractivity contribution in [2.75, 3.05) is 11.1 Å². The second kappa shape index (κ2) is 10.7. The minimum absolute atomic E-state index is 0.0881. The molecule has 0 spiro atoms. The van der Waals surface area contributed by atoms with E-state index in [1.165, 1.54) is 17.3 Å². The summed E-state index contributed by atoms with van der Waals surface area (Å²) in [4.78, 5) is 12.5. The van der Waals surface area contributed by atoms with Gasteiger partial charge in [0.25, 0.3) is 0 Å². The zero-order valence-electron chi connectivity index (χ0n) is 20.0. The molecule has 0 radical (unpaired) electrons. The van der Waals surface area contributed by atoms with Crippen molar-refractivity contribution in [3.05, 3.63) is 77.6 Å². The number of benzene rings is 2. The maximum Gasteiger partial charge on any atom is 0.234 e. The predicted octanol–water partition coefficient (Wildman–Crippen LogP) is 5.69. The zero-order chi connectivity index (χ0) is 24.0. The highest BCUT2D eigenvalue weighted by atomic mass is 32.2. The van der Waals surface area contributed by atoms with Crippen LogP contribution in [0.2, 0.25) is 0 Å². The number of nitrogens with zero attached hydrogens (tertiary/aromatic N) is 3. The first-order chi connectivity index (χ1) is 15.7. The summed E-state index contributed by atoms with van der Waals surface area (Å²) in [5.41, 5.74) is 4.38. The van der Waals surface area contributed by atoms with Crippen molar-refractivity contribution in [1.82, 2.24) is 14.8 Å². The number of anilines is 1. The number of aryl methyl sites for hydroxylation is 2. The Bertz CT molecular complexity index is 1090. The van der Waals surface area contributed by atoms with Crippen LogP contribution >= 0.6 is 11.8 Å². The molecule has 3 rings (SSSR count). The lowest BCUT2D eigenvalue weighted by Gasteiger charge is -2.19. The number of allylic oxidation sites excluding steroid dienone is 1. The first-order valence-corrected chi connectivity index (χ1v) is 11.9. The number of thioether (sulfide) groups is 1. The van der Waals surface area contributed by atoms with Crippen LogP contribution in [0.15, 0.2) is 60.3 Å². The van der Waals surface area contributed by atoms with Crippen LogP contribution in [0.5, 0.6) is 5.75 Å². The quantitative estimate of drug-likeness (QED) is 0.325. The topological polar surface area (TPSA) is 69.0 Å². The highest BCUT2D eigenvalue weighted by Crippen LogP contribution is 2.25. The fraction of sp³-hybridized carbons (Fsp3) is 0.346. The minimum atomic E-state index is -0.0881. The van der Waals surface area contributed by atoms with Gasteiger partial charge >= 0.3 is 0 Å². The van der Waals surface area contributed by atoms with Crippen molar-refractivity contribution < 1.29 is 9.53 Å². The third kappa shape index (κ3) is 6.96. The average Bonchev–Trinajstić information content (AvgIpc) is 3.11. The number of rotatable bonds is 9. The normalized spacial score (nSPS) is 11.3. The lowest BCUT2D eigenvalue weighted by molar-refractivity contribution is -0.113. The van der Waals surface area contributed by atoms with E-state index in [2.05, 4.69) is 61.1 Å². The molecule has 0 atom stereocenters. The van der Waals surface area contributed by atoms with Gasteiger partial charge in [0.15, 0.2) is 11.0 Å². The largest absolute Gasteiger partial charge is 0.486 e. The van der Waals surface area contributed by atoms with Crippen LogP contribution in [0, 0.1) is 13.8 Å². The van der Waals surface area contributed by atoms with Crippen LogP contribution in [0.1, 0.15) is 43.3 Å². The molecule has 0 unspecified atom stereocenters. The molecule has 0 aliphatic rings. The summed E-state index contributed by atoms with van der Waals surface area (Å²) in [6.45, 7) is 15.2. The Morgan fingerprint density at radius 1 is 1.12 bits per heavy atom. The summed E-state index contributed by atoms with van der Waals surface area (Å²) in [5.74, 6) is 1.61. The number of carbonyl (C=O) groups excluding carboxylic acids is 1. The molecule has 7 heteroatoms. The van der Waals surface area contributed by atoms with E-state index in [1.807, 2.05) is 42.7 Å². The Labute approximate surface area is 200 Å². The number of hydrogen-bond donors (Lipinski definition) is 1. The van der Waals surface area contributed by atoms with Gasteiger partial charge in [-0.1, -0.05) is 56.8 Å². The summed E-state index contributed by atoms with van der Waals surface area (Å²) >= 11 is 1.34. The maximum absolute atomic E-state index is 12.5. The van der Waals surface area contributed by atoms with Gasteiger partial charge in [-0.25, -0.2) is 0 Å². The standard InChI is InChI=1S/C26H32N4O2S/c1-7-12-30-23(16-32-22-10-8-20(9-11-22)26(4,5)6)28-29-25(30)33-17-24(31)27-21-14-18(2)13-19(3)15-21/h7-11,13-15H,1,12,16-17H2,2-6H3,(H,27,31). The molecule has 0 fully saturated rings. The van der Waals surface area contributed by atoms with Gasteiger partial charge in [0, 0.05) is 12.2 Å². The van der Waals surface area contributed by atoms with Gasteiger partial charge in [-0.15, -0.1) is 16.8 Å². The average molecular weight is 465 g/mol. The Morgan fingerprint density at radius 2 is 1.79 bits per heavy atom. The molecule has 0 saturated heterocycles. The van der Waals surface area contributed by atoms with Gasteiger partial charge in [0.2, 0.25) is 5.91 Å². The molecule has 0 aliphatic carbocycles. The van der Waals surface area contributed by atoms with E-state index in [0.29, 0.717) is 17.5 Å². The smallest absolute Gasteiger partial charge is 0.234 e. The summed E-state index contributed by atoms with van der Waals surface area (Å²) in [6, 6.07) is 14.1. The molecule has 0 bridgehead atoms. The number of carbonyl (C=O) groups is 1. The van der Waals surface area contributed by atoms with E-state index < -0.39 is 0 Å². The van der Waals surface area contributed by atoms with E-state index >= 15 is 0 Å². The molecular weight excluding hydrogens is 432 g/mol. The molecule has 3 aromatic rings. The SMILES string of the molecule is C=CCn1c(COc2ccc(C(C)(C)C)cc2)nnc1SCC(=O)Nc1cc(C)cc(C)c1. The number of nitrogens with one attached hydrogen (secondary N) is 1. The Hall–Kier alpha value is -3.06. The molecule has 1 amide bonds. The third-order valence-corrected chi connectivity index (χ3v) is 6.00. The second-order valence-electron chi connectivity index (χ2n) is 9.07. The van der Waals surface area contributed by atoms with E-state index in [1.54, 1.807) is 6.08 Å². The van der Waals surface area contributed by atoms with Crippen LogP contribution in [-0.2, 0) is 23.4 Å². The van der Waals surface area contributed by atoms with Crippen LogP contribution in [0.3, 0.4) is 0 Å². The van der Waals surface area contributed by atoms with Gasteiger partial charge < -0.3 is 10.1 Å². The number of aromatic nitrogens is 3. The van der Waals surface area contributed by atoms with Crippen molar-refractivity contribution in [2.45, 2.75) is 58.3 Å². The first kappa shape index (κ1) is 24.6. The molecule has 0 aliphatic heterocycles. The Balaban J connectivity index is 1.61. The summed E-state index contributed by atoms with van der Waals surface area (Å²) < 4.78 is 7.86. The van der Waals surface area contributed by atoms with Gasteiger partial charge in [0.1, 0.15) is 12.4 Å². The van der Waals surface area contributed by atoms with E-state index in [0.717, 1.165) is 22.6 Å². The molecule has 1 aromatic heterocycles. The zero-order valence-corrected chi connectivity index (χ0v) is 20.8. The molecule has 2 aromatic carbocycles. The monoisotopic (exact) mass is 464 g/mol. The van der Waals surface area contributed by atoms with Crippen LogP contribution < -0.4 is 10.1 Å². The lowest BCUT2D eigenvalue weighted by atomic mass is 9.87. The Kier molecular flexibility index (Phi) is 7.97. The predicted molar refractivity (Wildman–Crippen MR) is 135 cm³/mol. The van der Waals surface area contributed by atoms with Gasteiger partial charge in [0.05, 0.1) is 5.75 Å². The molecule has 1 heterocycles. The highest BCUT2D eigenvalue weighted by Gasteiger charge is 2.16. The van der Waals surface area contributed by atoms with Gasteiger partial charge in [-0.2, -0.15) is 0 Å². The summed E-state index contributed by atoms with van der Waals surface area (Å²) in [7, 11) is 0. The van der Waals surface area contributed by atoms with Crippen LogP contribution in [-0.4, -0.2) is 26.4 Å².